The molecule has 2 aliphatic heterocycles. The Labute approximate surface area is 105 Å². The van der Waals surface area contributed by atoms with Crippen LogP contribution in [0.25, 0.3) is 0 Å². The van der Waals surface area contributed by atoms with E-state index in [1.807, 2.05) is 0 Å². The topological polar surface area (TPSA) is 32.3 Å². The first-order valence-electron chi connectivity index (χ1n) is 7.15. The summed E-state index contributed by atoms with van der Waals surface area (Å²) >= 11 is 0. The molecule has 0 radical (unpaired) electrons. The van der Waals surface area contributed by atoms with Crippen molar-refractivity contribution in [3.05, 3.63) is 0 Å². The highest BCUT2D eigenvalue weighted by atomic mass is 16.2. The largest absolute Gasteiger partial charge is 0.343 e. The molecule has 1 unspecified atom stereocenters. The van der Waals surface area contributed by atoms with Gasteiger partial charge in [0, 0.05) is 19.5 Å². The first-order chi connectivity index (χ1) is 8.16. The highest BCUT2D eigenvalue weighted by Crippen LogP contribution is 2.25. The highest BCUT2D eigenvalue weighted by molar-refractivity contribution is 5.76. The molecule has 3 nitrogen and oxygen atoms in total. The molecule has 3 heteroatoms. The monoisotopic (exact) mass is 238 g/mol. The van der Waals surface area contributed by atoms with Crippen LogP contribution < -0.4 is 5.32 Å². The summed E-state index contributed by atoms with van der Waals surface area (Å²) in [6.45, 7) is 8.83. The Morgan fingerprint density at radius 1 is 1.35 bits per heavy atom. The van der Waals surface area contributed by atoms with Gasteiger partial charge in [0.1, 0.15) is 0 Å². The molecule has 1 amide bonds. The third-order valence-corrected chi connectivity index (χ3v) is 4.47. The Balaban J connectivity index is 1.78. The van der Waals surface area contributed by atoms with Gasteiger partial charge in [0.2, 0.25) is 5.91 Å². The number of nitrogens with zero attached hydrogens (tertiary/aromatic N) is 1. The molecule has 2 heterocycles. The minimum Gasteiger partial charge on any atom is -0.343 e. The van der Waals surface area contributed by atoms with E-state index < -0.39 is 0 Å². The highest BCUT2D eigenvalue weighted by Gasteiger charge is 2.25. The van der Waals surface area contributed by atoms with Crippen LogP contribution >= 0.6 is 0 Å². The molecule has 17 heavy (non-hydrogen) atoms. The quantitative estimate of drug-likeness (QED) is 0.811. The summed E-state index contributed by atoms with van der Waals surface area (Å²) in [5.41, 5.74) is 0. The first kappa shape index (κ1) is 12.9. The molecule has 2 saturated heterocycles. The molecule has 0 bridgehead atoms. The zero-order chi connectivity index (χ0) is 12.3. The van der Waals surface area contributed by atoms with Gasteiger partial charge in [-0.1, -0.05) is 13.8 Å². The summed E-state index contributed by atoms with van der Waals surface area (Å²) in [7, 11) is 0. The summed E-state index contributed by atoms with van der Waals surface area (Å²) in [5.74, 6) is 2.67. The molecule has 0 saturated carbocycles. The van der Waals surface area contributed by atoms with Crippen LogP contribution in [0.15, 0.2) is 0 Å². The van der Waals surface area contributed by atoms with E-state index in [9.17, 15) is 4.79 Å². The molecule has 2 rings (SSSR count). The van der Waals surface area contributed by atoms with Gasteiger partial charge in [-0.3, -0.25) is 4.79 Å². The Morgan fingerprint density at radius 2 is 2.12 bits per heavy atom. The SMILES string of the molecule is CC(C)C1CCC(=O)N(CCC2CNC2)CC1. The fourth-order valence-electron chi connectivity index (χ4n) is 2.85. The molecule has 1 N–H and O–H groups in total. The second kappa shape index (κ2) is 5.85. The standard InChI is InChI=1S/C14H26N2O/c1-11(2)13-3-4-14(17)16(8-6-13)7-5-12-9-15-10-12/h11-13,15H,3-10H2,1-2H3. The predicted molar refractivity (Wildman–Crippen MR) is 69.7 cm³/mol. The first-order valence-corrected chi connectivity index (χ1v) is 7.15. The van der Waals surface area contributed by atoms with Gasteiger partial charge in [-0.2, -0.15) is 0 Å². The molecule has 2 fully saturated rings. The normalized spacial score (nSPS) is 27.1. The van der Waals surface area contributed by atoms with Crippen molar-refractivity contribution < 1.29 is 4.79 Å². The third-order valence-electron chi connectivity index (χ3n) is 4.47. The van der Waals surface area contributed by atoms with E-state index in [2.05, 4.69) is 24.1 Å². The van der Waals surface area contributed by atoms with E-state index in [1.54, 1.807) is 0 Å². The lowest BCUT2D eigenvalue weighted by Gasteiger charge is -2.30. The molecule has 0 aromatic carbocycles. The number of carbonyl (C=O) groups is 1. The van der Waals surface area contributed by atoms with Crippen molar-refractivity contribution in [2.45, 2.75) is 39.5 Å². The summed E-state index contributed by atoms with van der Waals surface area (Å²) in [6.07, 6.45) is 4.25. The zero-order valence-electron chi connectivity index (χ0n) is 11.2. The maximum atomic E-state index is 12.0. The molecule has 0 aliphatic carbocycles. The van der Waals surface area contributed by atoms with Crippen molar-refractivity contribution in [1.29, 1.82) is 0 Å². The number of nitrogens with one attached hydrogen (secondary N) is 1. The van der Waals surface area contributed by atoms with E-state index in [0.717, 1.165) is 56.8 Å². The molecule has 0 aromatic rings. The summed E-state index contributed by atoms with van der Waals surface area (Å²) < 4.78 is 0. The molecule has 0 spiro atoms. The van der Waals surface area contributed by atoms with Crippen LogP contribution in [0, 0.1) is 17.8 Å². The van der Waals surface area contributed by atoms with Crippen LogP contribution in [0.3, 0.4) is 0 Å². The van der Waals surface area contributed by atoms with Crippen molar-refractivity contribution in [3.8, 4) is 0 Å². The lowest BCUT2D eigenvalue weighted by Crippen LogP contribution is -2.44. The average Bonchev–Trinajstić information content (AvgIpc) is 2.39. The molecule has 2 aliphatic rings. The van der Waals surface area contributed by atoms with Gasteiger partial charge in [-0.05, 0) is 50.1 Å². The van der Waals surface area contributed by atoms with Crippen molar-refractivity contribution in [3.63, 3.8) is 0 Å². The minimum atomic E-state index is 0.389. The van der Waals surface area contributed by atoms with Crippen molar-refractivity contribution in [1.82, 2.24) is 10.2 Å². The number of hydrogen-bond acceptors (Lipinski definition) is 2. The van der Waals surface area contributed by atoms with E-state index in [0.29, 0.717) is 5.91 Å². The van der Waals surface area contributed by atoms with Crippen LogP contribution in [-0.2, 0) is 4.79 Å². The Bertz CT molecular complexity index is 261. The Kier molecular flexibility index (Phi) is 4.43. The van der Waals surface area contributed by atoms with Gasteiger partial charge in [-0.25, -0.2) is 0 Å². The predicted octanol–water partition coefficient (Wildman–Crippen LogP) is 1.88. The summed E-state index contributed by atoms with van der Waals surface area (Å²) in [5, 5.41) is 3.29. The third kappa shape index (κ3) is 3.44. The van der Waals surface area contributed by atoms with Crippen LogP contribution in [0.2, 0.25) is 0 Å². The van der Waals surface area contributed by atoms with Crippen molar-refractivity contribution in [2.24, 2.45) is 17.8 Å². The zero-order valence-corrected chi connectivity index (χ0v) is 11.2. The Hall–Kier alpha value is -0.570. The molecule has 1 atom stereocenters. The average molecular weight is 238 g/mol. The fourth-order valence-corrected chi connectivity index (χ4v) is 2.85. The molecular formula is C14H26N2O. The van der Waals surface area contributed by atoms with Gasteiger partial charge in [-0.15, -0.1) is 0 Å². The number of rotatable bonds is 4. The van der Waals surface area contributed by atoms with E-state index in [1.165, 1.54) is 12.8 Å². The van der Waals surface area contributed by atoms with Gasteiger partial charge < -0.3 is 10.2 Å². The van der Waals surface area contributed by atoms with E-state index in [-0.39, 0.29) is 0 Å². The fraction of sp³-hybridized carbons (Fsp3) is 0.929. The summed E-state index contributed by atoms with van der Waals surface area (Å²) in [6, 6.07) is 0. The second-order valence-corrected chi connectivity index (χ2v) is 6.03. The molecular weight excluding hydrogens is 212 g/mol. The van der Waals surface area contributed by atoms with E-state index in [4.69, 9.17) is 0 Å². The maximum absolute atomic E-state index is 12.0. The number of hydrogen-bond donors (Lipinski definition) is 1. The van der Waals surface area contributed by atoms with Gasteiger partial charge >= 0.3 is 0 Å². The van der Waals surface area contributed by atoms with Crippen LogP contribution in [0.4, 0.5) is 0 Å². The number of carbonyl (C=O) groups excluding carboxylic acids is 1. The van der Waals surface area contributed by atoms with Crippen molar-refractivity contribution >= 4 is 5.91 Å². The van der Waals surface area contributed by atoms with Crippen LogP contribution in [-0.4, -0.2) is 37.0 Å². The number of likely N-dealkylation sites (tertiary alicyclic amines) is 1. The van der Waals surface area contributed by atoms with E-state index >= 15 is 0 Å². The molecule has 0 aromatic heterocycles. The van der Waals surface area contributed by atoms with Crippen LogP contribution in [0.1, 0.15) is 39.5 Å². The molecule has 98 valence electrons. The Morgan fingerprint density at radius 3 is 2.71 bits per heavy atom. The minimum absolute atomic E-state index is 0.389. The lowest BCUT2D eigenvalue weighted by molar-refractivity contribution is -0.130. The lowest BCUT2D eigenvalue weighted by atomic mass is 9.89. The maximum Gasteiger partial charge on any atom is 0.222 e. The van der Waals surface area contributed by atoms with Crippen molar-refractivity contribution in [2.75, 3.05) is 26.2 Å². The smallest absolute Gasteiger partial charge is 0.222 e. The summed E-state index contributed by atoms with van der Waals surface area (Å²) in [4.78, 5) is 14.1. The second-order valence-electron chi connectivity index (χ2n) is 6.03. The van der Waals surface area contributed by atoms with Crippen LogP contribution in [0.5, 0.6) is 0 Å². The van der Waals surface area contributed by atoms with Gasteiger partial charge in [0.15, 0.2) is 0 Å². The number of amides is 1. The van der Waals surface area contributed by atoms with Gasteiger partial charge in [0.25, 0.3) is 0 Å². The van der Waals surface area contributed by atoms with Gasteiger partial charge in [0.05, 0.1) is 0 Å².